The molecule has 0 unspecified atom stereocenters. The first kappa shape index (κ1) is 25.2. The Bertz CT molecular complexity index is 933. The zero-order valence-electron chi connectivity index (χ0n) is 19.6. The molecule has 33 heavy (non-hydrogen) atoms. The van der Waals surface area contributed by atoms with E-state index in [9.17, 15) is 14.0 Å². The molecular weight excluding hydrogens is 443 g/mol. The molecule has 0 N–H and O–H groups in total. The summed E-state index contributed by atoms with van der Waals surface area (Å²) in [6.45, 7) is 5.82. The van der Waals surface area contributed by atoms with Crippen molar-refractivity contribution in [2.24, 2.45) is 5.92 Å². The number of methoxy groups -OCH3 is 1. The summed E-state index contributed by atoms with van der Waals surface area (Å²) in [5.41, 5.74) is 1.07. The van der Waals surface area contributed by atoms with Gasteiger partial charge in [-0.25, -0.2) is 4.39 Å². The number of hydrogen-bond acceptors (Lipinski definition) is 5. The Kier molecular flexibility index (Phi) is 9.26. The number of fused-ring (bicyclic) bond motifs is 1. The molecule has 1 aromatic carbocycles. The molecule has 8 heteroatoms. The van der Waals surface area contributed by atoms with Crippen LogP contribution in [0.15, 0.2) is 35.7 Å². The number of ether oxygens (including phenoxy) is 2. The zero-order chi connectivity index (χ0) is 23.8. The predicted molar refractivity (Wildman–Crippen MR) is 127 cm³/mol. The van der Waals surface area contributed by atoms with E-state index in [4.69, 9.17) is 9.47 Å². The highest BCUT2D eigenvalue weighted by molar-refractivity contribution is 7.10. The lowest BCUT2D eigenvalue weighted by atomic mass is 10.00. The minimum Gasteiger partial charge on any atom is -0.491 e. The SMILES string of the molecule is COCCCN(CC(=O)N1CCc2sccc2[C@H]1COc1cccc(F)c1)C(=O)CC(C)C. The molecule has 0 bridgehead atoms. The average Bonchev–Trinajstić information content (AvgIpc) is 3.25. The molecule has 3 rings (SSSR count). The van der Waals surface area contributed by atoms with Gasteiger partial charge in [0.1, 0.15) is 18.2 Å². The maximum Gasteiger partial charge on any atom is 0.242 e. The number of nitrogens with zero attached hydrogens (tertiary/aromatic N) is 2. The average molecular weight is 477 g/mol. The molecule has 180 valence electrons. The fourth-order valence-corrected chi connectivity index (χ4v) is 4.96. The fraction of sp³-hybridized carbons (Fsp3) is 0.520. The molecular formula is C25H33FN2O4S. The molecule has 0 spiro atoms. The van der Waals surface area contributed by atoms with E-state index in [1.54, 1.807) is 40.4 Å². The van der Waals surface area contributed by atoms with Gasteiger partial charge < -0.3 is 19.3 Å². The smallest absolute Gasteiger partial charge is 0.242 e. The largest absolute Gasteiger partial charge is 0.491 e. The Morgan fingerprint density at radius 1 is 1.30 bits per heavy atom. The van der Waals surface area contributed by atoms with Crippen molar-refractivity contribution in [1.82, 2.24) is 9.80 Å². The third-order valence-corrected chi connectivity index (χ3v) is 6.65. The van der Waals surface area contributed by atoms with Crippen LogP contribution in [0.3, 0.4) is 0 Å². The standard InChI is InChI=1S/C25H33FN2O4S/c1-18(2)14-24(29)27(10-5-12-31-3)16-25(30)28-11-8-23-21(9-13-33-23)22(28)17-32-20-7-4-6-19(26)15-20/h4,6-7,9,13,15,18,22H,5,8,10-12,14,16-17H2,1-3H3/t22-/m1/s1. The van der Waals surface area contributed by atoms with Gasteiger partial charge in [-0.3, -0.25) is 9.59 Å². The van der Waals surface area contributed by atoms with Crippen molar-refractivity contribution in [3.8, 4) is 5.75 Å². The van der Waals surface area contributed by atoms with Gasteiger partial charge in [-0.05, 0) is 47.9 Å². The number of amides is 2. The van der Waals surface area contributed by atoms with Gasteiger partial charge in [-0.1, -0.05) is 19.9 Å². The van der Waals surface area contributed by atoms with Crippen LogP contribution >= 0.6 is 11.3 Å². The number of benzene rings is 1. The maximum atomic E-state index is 13.6. The van der Waals surface area contributed by atoms with Crippen LogP contribution in [0.25, 0.3) is 0 Å². The number of carbonyl (C=O) groups excluding carboxylic acids is 2. The van der Waals surface area contributed by atoms with Gasteiger partial charge in [-0.2, -0.15) is 0 Å². The topological polar surface area (TPSA) is 59.1 Å². The van der Waals surface area contributed by atoms with Gasteiger partial charge in [-0.15, -0.1) is 11.3 Å². The van der Waals surface area contributed by atoms with Crippen LogP contribution in [0.4, 0.5) is 4.39 Å². The highest BCUT2D eigenvalue weighted by Crippen LogP contribution is 2.34. The first-order valence-corrected chi connectivity index (χ1v) is 12.3. The Labute approximate surface area is 199 Å². The molecule has 6 nitrogen and oxygen atoms in total. The maximum absolute atomic E-state index is 13.6. The van der Waals surface area contributed by atoms with Crippen molar-refractivity contribution < 1.29 is 23.5 Å². The normalized spacial score (nSPS) is 15.4. The summed E-state index contributed by atoms with van der Waals surface area (Å²) in [4.78, 5) is 30.9. The van der Waals surface area contributed by atoms with Gasteiger partial charge in [0.05, 0.1) is 12.6 Å². The van der Waals surface area contributed by atoms with Crippen LogP contribution in [0.2, 0.25) is 0 Å². The molecule has 0 aliphatic carbocycles. The van der Waals surface area contributed by atoms with E-state index in [-0.39, 0.29) is 42.7 Å². The van der Waals surface area contributed by atoms with Crippen molar-refractivity contribution >= 4 is 23.2 Å². The Morgan fingerprint density at radius 3 is 2.85 bits per heavy atom. The van der Waals surface area contributed by atoms with Crippen molar-refractivity contribution in [2.75, 3.05) is 40.0 Å². The lowest BCUT2D eigenvalue weighted by molar-refractivity contribution is -0.143. The second kappa shape index (κ2) is 12.1. The first-order chi connectivity index (χ1) is 15.9. The van der Waals surface area contributed by atoms with Crippen LogP contribution in [0.1, 0.15) is 43.2 Å². The Balaban J connectivity index is 1.74. The second-order valence-corrected chi connectivity index (χ2v) is 9.68. The van der Waals surface area contributed by atoms with Gasteiger partial charge >= 0.3 is 0 Å². The van der Waals surface area contributed by atoms with Crippen molar-refractivity contribution in [3.63, 3.8) is 0 Å². The first-order valence-electron chi connectivity index (χ1n) is 11.4. The van der Waals surface area contributed by atoms with Crippen LogP contribution in [-0.4, -0.2) is 61.6 Å². The highest BCUT2D eigenvalue weighted by atomic mass is 32.1. The van der Waals surface area contributed by atoms with Crippen molar-refractivity contribution in [3.05, 3.63) is 52.0 Å². The third-order valence-electron chi connectivity index (χ3n) is 5.66. The molecule has 1 aliphatic heterocycles. The molecule has 1 atom stereocenters. The Hall–Kier alpha value is -2.45. The monoisotopic (exact) mass is 476 g/mol. The van der Waals surface area contributed by atoms with E-state index in [0.29, 0.717) is 38.3 Å². The number of rotatable bonds is 11. The quantitative estimate of drug-likeness (QED) is 0.454. The van der Waals surface area contributed by atoms with Gasteiger partial charge in [0.15, 0.2) is 0 Å². The van der Waals surface area contributed by atoms with Crippen LogP contribution in [-0.2, 0) is 20.7 Å². The van der Waals surface area contributed by atoms with E-state index in [0.717, 1.165) is 12.0 Å². The van der Waals surface area contributed by atoms with Crippen molar-refractivity contribution in [2.45, 2.75) is 39.2 Å². The highest BCUT2D eigenvalue weighted by Gasteiger charge is 2.33. The lowest BCUT2D eigenvalue weighted by Crippen LogP contribution is -2.48. The summed E-state index contributed by atoms with van der Waals surface area (Å²) in [6, 6.07) is 7.76. The summed E-state index contributed by atoms with van der Waals surface area (Å²) in [5.74, 6) is 0.159. The molecule has 1 aromatic heterocycles. The summed E-state index contributed by atoms with van der Waals surface area (Å²) in [6.07, 6.45) is 1.86. The molecule has 0 fully saturated rings. The van der Waals surface area contributed by atoms with Gasteiger partial charge in [0, 0.05) is 44.2 Å². The second-order valence-electron chi connectivity index (χ2n) is 8.68. The molecule has 0 saturated carbocycles. The molecule has 0 radical (unpaired) electrons. The van der Waals surface area contributed by atoms with E-state index in [2.05, 4.69) is 0 Å². The van der Waals surface area contributed by atoms with E-state index in [1.165, 1.54) is 17.0 Å². The zero-order valence-corrected chi connectivity index (χ0v) is 20.4. The van der Waals surface area contributed by atoms with Crippen LogP contribution < -0.4 is 4.74 Å². The molecule has 1 aliphatic rings. The molecule has 2 amide bonds. The number of hydrogen-bond donors (Lipinski definition) is 0. The summed E-state index contributed by atoms with van der Waals surface area (Å²) in [7, 11) is 1.63. The molecule has 2 aromatic rings. The minimum absolute atomic E-state index is 0.0183. The predicted octanol–water partition coefficient (Wildman–Crippen LogP) is 4.30. The van der Waals surface area contributed by atoms with E-state index >= 15 is 0 Å². The van der Waals surface area contributed by atoms with Crippen molar-refractivity contribution in [1.29, 1.82) is 0 Å². The number of carbonyl (C=O) groups is 2. The third kappa shape index (κ3) is 7.01. The summed E-state index contributed by atoms with van der Waals surface area (Å²) >= 11 is 1.67. The van der Waals surface area contributed by atoms with Gasteiger partial charge in [0.2, 0.25) is 11.8 Å². The van der Waals surface area contributed by atoms with E-state index < -0.39 is 0 Å². The number of halogens is 1. The van der Waals surface area contributed by atoms with Crippen LogP contribution in [0, 0.1) is 11.7 Å². The lowest BCUT2D eigenvalue weighted by Gasteiger charge is -2.37. The fourth-order valence-electron chi connectivity index (χ4n) is 4.03. The number of thiophene rings is 1. The Morgan fingerprint density at radius 2 is 2.12 bits per heavy atom. The van der Waals surface area contributed by atoms with Crippen LogP contribution in [0.5, 0.6) is 5.75 Å². The van der Waals surface area contributed by atoms with Gasteiger partial charge in [0.25, 0.3) is 0 Å². The van der Waals surface area contributed by atoms with E-state index in [1.807, 2.05) is 25.3 Å². The minimum atomic E-state index is -0.365. The summed E-state index contributed by atoms with van der Waals surface area (Å²) in [5, 5.41) is 2.02. The summed E-state index contributed by atoms with van der Waals surface area (Å²) < 4.78 is 24.6. The molecule has 0 saturated heterocycles. The molecule has 2 heterocycles.